The number of allylic oxidation sites excluding steroid dienone is 2. The van der Waals surface area contributed by atoms with Gasteiger partial charge in [0, 0.05) is 5.56 Å². The minimum Gasteiger partial charge on any atom is -0.457 e. The van der Waals surface area contributed by atoms with Crippen LogP contribution in [0.15, 0.2) is 16.6 Å². The maximum Gasteiger partial charge on any atom is 0.130 e. The Morgan fingerprint density at radius 2 is 1.82 bits per heavy atom. The van der Waals surface area contributed by atoms with Gasteiger partial charge < -0.3 is 4.42 Å². The number of rotatable bonds is 1. The molecule has 0 N–H and O–H groups in total. The van der Waals surface area contributed by atoms with Crippen LogP contribution in [-0.4, -0.2) is 0 Å². The van der Waals surface area contributed by atoms with E-state index < -0.39 is 0 Å². The Kier molecular flexibility index (Phi) is 8.21. The van der Waals surface area contributed by atoms with Gasteiger partial charge in [0.2, 0.25) is 0 Å². The Hall–Kier alpha value is -1.24. The summed E-state index contributed by atoms with van der Waals surface area (Å²) in [5, 5.41) is 0. The van der Waals surface area contributed by atoms with Crippen molar-refractivity contribution in [2.24, 2.45) is 0 Å². The van der Waals surface area contributed by atoms with E-state index in [4.69, 9.17) is 4.42 Å². The van der Waals surface area contributed by atoms with E-state index in [9.17, 15) is 0 Å². The highest BCUT2D eigenvalue weighted by Gasteiger charge is 2.14. The third-order valence-corrected chi connectivity index (χ3v) is 2.49. The average Bonchev–Trinajstić information content (AvgIpc) is 2.73. The monoisotopic (exact) mass is 234 g/mol. The Labute approximate surface area is 106 Å². The summed E-state index contributed by atoms with van der Waals surface area (Å²) < 4.78 is 5.70. The summed E-state index contributed by atoms with van der Waals surface area (Å²) in [7, 11) is 0. The van der Waals surface area contributed by atoms with Crippen LogP contribution in [0.25, 0.3) is 12.2 Å². The minimum absolute atomic E-state index is 1.01. The summed E-state index contributed by atoms with van der Waals surface area (Å²) in [6, 6.07) is 0. The molecule has 0 aromatic carbocycles. The number of furan rings is 1. The number of fused-ring (bicyclic) bond motifs is 1. The van der Waals surface area contributed by atoms with E-state index in [1.807, 2.05) is 46.8 Å². The van der Waals surface area contributed by atoms with Crippen LogP contribution < -0.4 is 0 Å². The van der Waals surface area contributed by atoms with Crippen molar-refractivity contribution in [3.8, 4) is 0 Å². The van der Waals surface area contributed by atoms with E-state index in [1.165, 1.54) is 11.1 Å². The van der Waals surface area contributed by atoms with E-state index in [1.54, 1.807) is 0 Å². The highest BCUT2D eigenvalue weighted by Crippen LogP contribution is 2.28. The molecule has 17 heavy (non-hydrogen) atoms. The van der Waals surface area contributed by atoms with Gasteiger partial charge in [-0.15, -0.1) is 0 Å². The number of hydrogen-bond donors (Lipinski definition) is 0. The van der Waals surface area contributed by atoms with Gasteiger partial charge in [0.1, 0.15) is 11.5 Å². The first-order chi connectivity index (χ1) is 8.33. The van der Waals surface area contributed by atoms with E-state index in [0.29, 0.717) is 0 Å². The van der Waals surface area contributed by atoms with E-state index in [0.717, 1.165) is 24.4 Å². The zero-order valence-electron chi connectivity index (χ0n) is 12.1. The molecule has 1 aromatic rings. The van der Waals surface area contributed by atoms with Crippen molar-refractivity contribution in [2.45, 2.75) is 54.4 Å². The van der Waals surface area contributed by atoms with Crippen molar-refractivity contribution in [1.82, 2.24) is 0 Å². The second-order valence-electron chi connectivity index (χ2n) is 3.38. The Bertz CT molecular complexity index is 367. The lowest BCUT2D eigenvalue weighted by molar-refractivity contribution is 0.540. The molecule has 0 radical (unpaired) electrons. The molecule has 0 amide bonds. The molecule has 1 aliphatic rings. The normalized spacial score (nSPS) is 12.4. The molecule has 1 aromatic heterocycles. The van der Waals surface area contributed by atoms with Crippen molar-refractivity contribution >= 4 is 12.2 Å². The zero-order valence-corrected chi connectivity index (χ0v) is 12.1. The lowest BCUT2D eigenvalue weighted by Gasteiger charge is -2.02. The Morgan fingerprint density at radius 1 is 1.18 bits per heavy atom. The summed E-state index contributed by atoms with van der Waals surface area (Å²) in [6.45, 7) is 12.1. The second-order valence-corrected chi connectivity index (χ2v) is 3.38. The summed E-state index contributed by atoms with van der Waals surface area (Å²) in [6.07, 6.45) is 10.6. The smallest absolute Gasteiger partial charge is 0.130 e. The van der Waals surface area contributed by atoms with Crippen molar-refractivity contribution in [1.29, 1.82) is 0 Å². The molecule has 1 heterocycles. The van der Waals surface area contributed by atoms with Gasteiger partial charge in [-0.3, -0.25) is 0 Å². The largest absolute Gasteiger partial charge is 0.457 e. The summed E-state index contributed by atoms with van der Waals surface area (Å²) in [5.41, 5.74) is 2.69. The van der Waals surface area contributed by atoms with Gasteiger partial charge in [-0.1, -0.05) is 39.8 Å². The molecule has 1 aliphatic carbocycles. The fraction of sp³-hybridized carbons (Fsp3) is 0.500. The predicted molar refractivity (Wildman–Crippen MR) is 78.2 cm³/mol. The van der Waals surface area contributed by atoms with E-state index in [-0.39, 0.29) is 0 Å². The van der Waals surface area contributed by atoms with Gasteiger partial charge in [0.05, 0.1) is 0 Å². The van der Waals surface area contributed by atoms with Gasteiger partial charge in [0.15, 0.2) is 0 Å². The first kappa shape index (κ1) is 15.8. The predicted octanol–water partition coefficient (Wildman–Crippen LogP) is 5.63. The molecule has 1 nitrogen and oxygen atoms in total. The summed E-state index contributed by atoms with van der Waals surface area (Å²) in [5.74, 6) is 2.07. The van der Waals surface area contributed by atoms with Crippen LogP contribution in [0, 0.1) is 6.92 Å². The molecule has 0 saturated heterocycles. The molecule has 0 saturated carbocycles. The number of hydrogen-bond acceptors (Lipinski definition) is 1. The van der Waals surface area contributed by atoms with Crippen LogP contribution in [0.1, 0.15) is 63.7 Å². The van der Waals surface area contributed by atoms with Gasteiger partial charge in [-0.25, -0.2) is 0 Å². The SMILES string of the molecule is C/C=C\c1oc2c(c1C)CCC=C2.CC.CC. The third kappa shape index (κ3) is 3.92. The van der Waals surface area contributed by atoms with Gasteiger partial charge in [-0.05, 0) is 44.4 Å². The van der Waals surface area contributed by atoms with Crippen LogP contribution in [-0.2, 0) is 6.42 Å². The molecule has 0 fully saturated rings. The Balaban J connectivity index is 0.000000581. The first-order valence-electron chi connectivity index (χ1n) is 6.74. The van der Waals surface area contributed by atoms with Crippen LogP contribution in [0.3, 0.4) is 0 Å². The molecule has 0 atom stereocenters. The maximum absolute atomic E-state index is 5.70. The van der Waals surface area contributed by atoms with Crippen molar-refractivity contribution < 1.29 is 4.42 Å². The summed E-state index contributed by atoms with van der Waals surface area (Å²) >= 11 is 0. The van der Waals surface area contributed by atoms with E-state index >= 15 is 0 Å². The van der Waals surface area contributed by atoms with Gasteiger partial charge >= 0.3 is 0 Å². The van der Waals surface area contributed by atoms with Crippen LogP contribution in [0.2, 0.25) is 0 Å². The highest BCUT2D eigenvalue weighted by atomic mass is 16.3. The lowest BCUT2D eigenvalue weighted by Crippen LogP contribution is -1.90. The van der Waals surface area contributed by atoms with Gasteiger partial charge in [-0.2, -0.15) is 0 Å². The molecule has 2 rings (SSSR count). The molecule has 1 heteroatoms. The van der Waals surface area contributed by atoms with Crippen molar-refractivity contribution in [2.75, 3.05) is 0 Å². The molecule has 96 valence electrons. The standard InChI is InChI=1S/C12H14O.2C2H6/c1-3-6-11-9(2)10-7-4-5-8-12(10)13-11;2*1-2/h3,5-6,8H,4,7H2,1-2H3;2*1-2H3/b6-3-;;. The van der Waals surface area contributed by atoms with Crippen molar-refractivity contribution in [3.63, 3.8) is 0 Å². The first-order valence-corrected chi connectivity index (χ1v) is 6.74. The molecular weight excluding hydrogens is 208 g/mol. The average molecular weight is 234 g/mol. The molecule has 0 bridgehead atoms. The fourth-order valence-electron chi connectivity index (χ4n) is 1.76. The van der Waals surface area contributed by atoms with E-state index in [2.05, 4.69) is 19.1 Å². The van der Waals surface area contributed by atoms with Crippen molar-refractivity contribution in [3.05, 3.63) is 34.8 Å². The Morgan fingerprint density at radius 3 is 2.35 bits per heavy atom. The highest BCUT2D eigenvalue weighted by molar-refractivity contribution is 5.59. The molecule has 0 spiro atoms. The second kappa shape index (κ2) is 8.86. The summed E-state index contributed by atoms with van der Waals surface area (Å²) in [4.78, 5) is 0. The third-order valence-electron chi connectivity index (χ3n) is 2.49. The molecule has 0 aliphatic heterocycles. The molecular formula is C16H26O. The zero-order chi connectivity index (χ0) is 13.3. The fourth-order valence-corrected chi connectivity index (χ4v) is 1.76. The van der Waals surface area contributed by atoms with Crippen LogP contribution in [0.4, 0.5) is 0 Å². The topological polar surface area (TPSA) is 13.1 Å². The molecule has 0 unspecified atom stereocenters. The minimum atomic E-state index is 1.01. The van der Waals surface area contributed by atoms with Crippen LogP contribution in [0.5, 0.6) is 0 Å². The quantitative estimate of drug-likeness (QED) is 0.613. The lowest BCUT2D eigenvalue weighted by atomic mass is 10.0. The van der Waals surface area contributed by atoms with Crippen LogP contribution >= 0.6 is 0 Å². The maximum atomic E-state index is 5.70. The van der Waals surface area contributed by atoms with Gasteiger partial charge in [0.25, 0.3) is 0 Å².